The summed E-state index contributed by atoms with van der Waals surface area (Å²) in [5.41, 5.74) is 3.63. The van der Waals surface area contributed by atoms with Crippen molar-refractivity contribution in [3.8, 4) is 11.5 Å². The first-order chi connectivity index (χ1) is 16.5. The second kappa shape index (κ2) is 10.6. The average Bonchev–Trinajstić information content (AvgIpc) is 3.14. The van der Waals surface area contributed by atoms with Gasteiger partial charge in [0.15, 0.2) is 16.7 Å². The Hall–Kier alpha value is -3.58. The molecule has 1 aliphatic heterocycles. The van der Waals surface area contributed by atoms with Crippen molar-refractivity contribution in [2.75, 3.05) is 13.7 Å². The maximum Gasteiger partial charge on any atom is 0.266 e. The average molecular weight is 477 g/mol. The second-order valence-electron chi connectivity index (χ2n) is 7.72. The minimum Gasteiger partial charge on any atom is -0.493 e. The number of hydrogen-bond donors (Lipinski definition) is 0. The van der Waals surface area contributed by atoms with Crippen molar-refractivity contribution >= 4 is 34.6 Å². The van der Waals surface area contributed by atoms with Crippen LogP contribution in [0.4, 0.5) is 10.1 Å². The first-order valence-electron chi connectivity index (χ1n) is 10.9. The first-order valence-corrected chi connectivity index (χ1v) is 11.7. The standard InChI is InChI=1S/C27H25FN2O3S/c1-4-30-26(31)25(34-27(30)29-22-12-5-18(2)6-13-22)16-20-9-14-23(24(15-20)32-3)33-17-19-7-10-21(28)11-8-19/h5-16H,4,17H2,1-3H3/b25-16+,29-27?. The highest BCUT2D eigenvalue weighted by molar-refractivity contribution is 8.18. The quantitative estimate of drug-likeness (QED) is 0.373. The molecule has 0 N–H and O–H groups in total. The minimum atomic E-state index is -0.285. The number of aliphatic imine (C=N–C) groups is 1. The summed E-state index contributed by atoms with van der Waals surface area (Å²) in [6, 6.07) is 19.5. The highest BCUT2D eigenvalue weighted by Crippen LogP contribution is 2.36. The zero-order valence-electron chi connectivity index (χ0n) is 19.2. The highest BCUT2D eigenvalue weighted by atomic mass is 32.2. The Morgan fingerprint density at radius 2 is 1.76 bits per heavy atom. The number of methoxy groups -OCH3 is 1. The maximum absolute atomic E-state index is 13.1. The van der Waals surface area contributed by atoms with Crippen molar-refractivity contribution in [3.05, 3.63) is 94.1 Å². The molecule has 0 spiro atoms. The number of likely N-dealkylation sites (N-methyl/N-ethyl adjacent to an activating group) is 1. The van der Waals surface area contributed by atoms with E-state index in [2.05, 4.69) is 4.99 Å². The van der Waals surface area contributed by atoms with Crippen molar-refractivity contribution in [2.24, 2.45) is 4.99 Å². The summed E-state index contributed by atoms with van der Waals surface area (Å²) in [7, 11) is 1.57. The fraction of sp³-hybridized carbons (Fsp3) is 0.185. The Morgan fingerprint density at radius 1 is 1.03 bits per heavy atom. The van der Waals surface area contributed by atoms with E-state index in [1.807, 2.05) is 56.3 Å². The third kappa shape index (κ3) is 5.48. The predicted octanol–water partition coefficient (Wildman–Crippen LogP) is 6.35. The SMILES string of the molecule is CCN1C(=O)/C(=C\c2ccc(OCc3ccc(F)cc3)c(OC)c2)SC1=Nc1ccc(C)cc1. The molecule has 0 aliphatic carbocycles. The molecule has 0 saturated carbocycles. The van der Waals surface area contributed by atoms with Crippen LogP contribution >= 0.6 is 11.8 Å². The molecule has 1 fully saturated rings. The number of aryl methyl sites for hydroxylation is 1. The van der Waals surface area contributed by atoms with E-state index in [0.717, 1.165) is 22.4 Å². The fourth-order valence-electron chi connectivity index (χ4n) is 3.39. The summed E-state index contributed by atoms with van der Waals surface area (Å²) < 4.78 is 24.5. The van der Waals surface area contributed by atoms with E-state index in [4.69, 9.17) is 9.47 Å². The Morgan fingerprint density at radius 3 is 2.44 bits per heavy atom. The molecular formula is C27H25FN2O3S. The predicted molar refractivity (Wildman–Crippen MR) is 135 cm³/mol. The van der Waals surface area contributed by atoms with Crippen LogP contribution in [0.3, 0.4) is 0 Å². The van der Waals surface area contributed by atoms with Crippen molar-refractivity contribution in [1.29, 1.82) is 0 Å². The Balaban J connectivity index is 1.53. The molecule has 1 aliphatic rings. The van der Waals surface area contributed by atoms with E-state index >= 15 is 0 Å². The van der Waals surface area contributed by atoms with Crippen molar-refractivity contribution in [1.82, 2.24) is 4.90 Å². The molecule has 5 nitrogen and oxygen atoms in total. The zero-order chi connectivity index (χ0) is 24.1. The lowest BCUT2D eigenvalue weighted by atomic mass is 10.1. The molecule has 0 radical (unpaired) electrons. The van der Waals surface area contributed by atoms with Gasteiger partial charge in [-0.15, -0.1) is 0 Å². The van der Waals surface area contributed by atoms with Crippen LogP contribution < -0.4 is 9.47 Å². The smallest absolute Gasteiger partial charge is 0.266 e. The van der Waals surface area contributed by atoms with Gasteiger partial charge in [-0.3, -0.25) is 9.69 Å². The van der Waals surface area contributed by atoms with Gasteiger partial charge >= 0.3 is 0 Å². The summed E-state index contributed by atoms with van der Waals surface area (Å²) in [4.78, 5) is 19.9. The largest absolute Gasteiger partial charge is 0.493 e. The maximum atomic E-state index is 13.1. The van der Waals surface area contributed by atoms with E-state index in [-0.39, 0.29) is 18.3 Å². The number of halogens is 1. The van der Waals surface area contributed by atoms with E-state index in [9.17, 15) is 9.18 Å². The van der Waals surface area contributed by atoms with Crippen LogP contribution in [0.1, 0.15) is 23.6 Å². The van der Waals surface area contributed by atoms with Gasteiger partial charge in [-0.05, 0) is 79.2 Å². The monoisotopic (exact) mass is 476 g/mol. The number of benzene rings is 3. The van der Waals surface area contributed by atoms with Gasteiger partial charge in [0.25, 0.3) is 5.91 Å². The van der Waals surface area contributed by atoms with Gasteiger partial charge in [-0.25, -0.2) is 9.38 Å². The number of ether oxygens (including phenoxy) is 2. The summed E-state index contributed by atoms with van der Waals surface area (Å²) in [5, 5.41) is 0.661. The van der Waals surface area contributed by atoms with Crippen LogP contribution in [0.5, 0.6) is 11.5 Å². The van der Waals surface area contributed by atoms with Gasteiger partial charge < -0.3 is 9.47 Å². The van der Waals surface area contributed by atoms with Crippen molar-refractivity contribution in [3.63, 3.8) is 0 Å². The van der Waals surface area contributed by atoms with Crippen LogP contribution in [0.15, 0.2) is 76.6 Å². The van der Waals surface area contributed by atoms with Crippen LogP contribution in [0.25, 0.3) is 6.08 Å². The number of carbonyl (C=O) groups excluding carboxylic acids is 1. The van der Waals surface area contributed by atoms with Crippen LogP contribution in [0, 0.1) is 12.7 Å². The Labute approximate surface area is 202 Å². The zero-order valence-corrected chi connectivity index (χ0v) is 20.1. The number of nitrogens with zero attached hydrogens (tertiary/aromatic N) is 2. The summed E-state index contributed by atoms with van der Waals surface area (Å²) >= 11 is 1.36. The minimum absolute atomic E-state index is 0.0750. The topological polar surface area (TPSA) is 51.1 Å². The molecule has 3 aromatic carbocycles. The molecule has 174 valence electrons. The molecule has 1 heterocycles. The molecule has 1 amide bonds. The van der Waals surface area contributed by atoms with E-state index in [1.165, 1.54) is 23.9 Å². The number of hydrogen-bond acceptors (Lipinski definition) is 5. The highest BCUT2D eigenvalue weighted by Gasteiger charge is 2.32. The molecular weight excluding hydrogens is 451 g/mol. The molecule has 7 heteroatoms. The molecule has 0 aromatic heterocycles. The van der Waals surface area contributed by atoms with Crippen molar-refractivity contribution in [2.45, 2.75) is 20.5 Å². The number of amidine groups is 1. The normalized spacial score (nSPS) is 15.9. The number of rotatable bonds is 7. The molecule has 4 rings (SSSR count). The molecule has 34 heavy (non-hydrogen) atoms. The number of amides is 1. The van der Waals surface area contributed by atoms with Crippen molar-refractivity contribution < 1.29 is 18.7 Å². The van der Waals surface area contributed by atoms with E-state index in [0.29, 0.717) is 28.1 Å². The van der Waals surface area contributed by atoms with Crippen LogP contribution in [-0.4, -0.2) is 29.6 Å². The number of carbonyl (C=O) groups is 1. The Kier molecular flexibility index (Phi) is 7.33. The summed E-state index contributed by atoms with van der Waals surface area (Å²) in [6.07, 6.45) is 1.83. The molecule has 1 saturated heterocycles. The lowest BCUT2D eigenvalue weighted by molar-refractivity contribution is -0.122. The van der Waals surface area contributed by atoms with Gasteiger partial charge in [-0.2, -0.15) is 0 Å². The first kappa shape index (κ1) is 23.6. The number of thioether (sulfide) groups is 1. The van der Waals surface area contributed by atoms with Crippen LogP contribution in [-0.2, 0) is 11.4 Å². The fourth-order valence-corrected chi connectivity index (χ4v) is 4.45. The van der Waals surface area contributed by atoms with Gasteiger partial charge in [0.05, 0.1) is 17.7 Å². The second-order valence-corrected chi connectivity index (χ2v) is 8.72. The molecule has 3 aromatic rings. The van der Waals surface area contributed by atoms with E-state index < -0.39 is 0 Å². The van der Waals surface area contributed by atoms with Gasteiger partial charge in [0, 0.05) is 6.54 Å². The van der Waals surface area contributed by atoms with Gasteiger partial charge in [0.2, 0.25) is 0 Å². The summed E-state index contributed by atoms with van der Waals surface area (Å²) in [5.74, 6) is 0.754. The van der Waals surface area contributed by atoms with E-state index in [1.54, 1.807) is 30.2 Å². The lowest BCUT2D eigenvalue weighted by Gasteiger charge is -2.12. The van der Waals surface area contributed by atoms with Crippen LogP contribution in [0.2, 0.25) is 0 Å². The molecule has 0 bridgehead atoms. The molecule has 0 atom stereocenters. The summed E-state index contributed by atoms with van der Waals surface area (Å²) in [6.45, 7) is 4.78. The third-order valence-electron chi connectivity index (χ3n) is 5.26. The Bertz CT molecular complexity index is 1240. The third-order valence-corrected chi connectivity index (χ3v) is 6.26. The molecule has 0 unspecified atom stereocenters. The van der Waals surface area contributed by atoms with Gasteiger partial charge in [0.1, 0.15) is 12.4 Å². The lowest BCUT2D eigenvalue weighted by Crippen LogP contribution is -2.28. The van der Waals surface area contributed by atoms with Gasteiger partial charge in [-0.1, -0.05) is 35.9 Å².